The van der Waals surface area contributed by atoms with Crippen LogP contribution in [0.4, 0.5) is 0 Å². The SMILES string of the molecule is O=C(NC[C@H](NC(=O)C1CCCCC1)C(=O)O)c1ccc(OCCNC2=NCCCN2)cc1O. The van der Waals surface area contributed by atoms with Crippen molar-refractivity contribution >= 4 is 23.7 Å². The van der Waals surface area contributed by atoms with E-state index in [2.05, 4.69) is 26.3 Å². The van der Waals surface area contributed by atoms with E-state index in [0.717, 1.165) is 57.6 Å². The lowest BCUT2D eigenvalue weighted by Gasteiger charge is -2.23. The fourth-order valence-corrected chi connectivity index (χ4v) is 3.93. The van der Waals surface area contributed by atoms with Gasteiger partial charge in [0.15, 0.2) is 5.96 Å². The third-order valence-electron chi connectivity index (χ3n) is 5.83. The monoisotopic (exact) mass is 475 g/mol. The highest BCUT2D eigenvalue weighted by atomic mass is 16.5. The zero-order valence-corrected chi connectivity index (χ0v) is 19.1. The lowest BCUT2D eigenvalue weighted by molar-refractivity contribution is -0.142. The van der Waals surface area contributed by atoms with Crippen molar-refractivity contribution in [1.82, 2.24) is 21.3 Å². The van der Waals surface area contributed by atoms with Crippen LogP contribution >= 0.6 is 0 Å². The fourth-order valence-electron chi connectivity index (χ4n) is 3.93. The second kappa shape index (κ2) is 12.7. The molecule has 0 bridgehead atoms. The number of amides is 2. The lowest BCUT2D eigenvalue weighted by Crippen LogP contribution is -2.50. The molecular weight excluding hydrogens is 442 g/mol. The Morgan fingerprint density at radius 2 is 1.97 bits per heavy atom. The van der Waals surface area contributed by atoms with Gasteiger partial charge in [-0.3, -0.25) is 14.6 Å². The first kappa shape index (κ1) is 25.1. The number of phenols is 1. The van der Waals surface area contributed by atoms with Gasteiger partial charge >= 0.3 is 5.97 Å². The van der Waals surface area contributed by atoms with E-state index in [9.17, 15) is 24.6 Å². The highest BCUT2D eigenvalue weighted by molar-refractivity contribution is 5.97. The van der Waals surface area contributed by atoms with Gasteiger partial charge in [-0.15, -0.1) is 0 Å². The summed E-state index contributed by atoms with van der Waals surface area (Å²) in [6.45, 7) is 2.20. The van der Waals surface area contributed by atoms with E-state index < -0.39 is 17.9 Å². The molecule has 1 atom stereocenters. The number of hydrogen-bond acceptors (Lipinski definition) is 8. The summed E-state index contributed by atoms with van der Waals surface area (Å²) in [5.74, 6) is -1.54. The standard InChI is InChI=1S/C23H33N5O6/c29-19-13-16(34-12-11-26-23-24-9-4-10-25-23)7-8-17(19)21(31)27-14-18(22(32)33)28-20(30)15-5-2-1-3-6-15/h7-8,13,15,18,29H,1-6,9-12,14H2,(H,27,31)(H,28,30)(H,32,33)(H2,24,25,26)/t18-/m0/s1. The smallest absolute Gasteiger partial charge is 0.328 e. The predicted octanol–water partition coefficient (Wildman–Crippen LogP) is 0.589. The quantitative estimate of drug-likeness (QED) is 0.268. The van der Waals surface area contributed by atoms with E-state index in [-0.39, 0.29) is 29.7 Å². The Morgan fingerprint density at radius 1 is 1.18 bits per heavy atom. The topological polar surface area (TPSA) is 161 Å². The van der Waals surface area contributed by atoms with Gasteiger partial charge in [0.2, 0.25) is 5.91 Å². The molecule has 1 aliphatic carbocycles. The number of hydrogen-bond donors (Lipinski definition) is 6. The van der Waals surface area contributed by atoms with Gasteiger partial charge in [-0.05, 0) is 31.4 Å². The predicted molar refractivity (Wildman–Crippen MR) is 125 cm³/mol. The summed E-state index contributed by atoms with van der Waals surface area (Å²) in [5, 5.41) is 30.9. The van der Waals surface area contributed by atoms with Crippen LogP contribution in [-0.4, -0.2) is 72.8 Å². The number of carboxylic acids is 1. The van der Waals surface area contributed by atoms with Gasteiger partial charge in [-0.25, -0.2) is 4.79 Å². The molecule has 2 amide bonds. The highest BCUT2D eigenvalue weighted by Crippen LogP contribution is 2.24. The highest BCUT2D eigenvalue weighted by Gasteiger charge is 2.27. The lowest BCUT2D eigenvalue weighted by atomic mass is 9.88. The molecule has 0 spiro atoms. The first-order valence-corrected chi connectivity index (χ1v) is 11.7. The first-order chi connectivity index (χ1) is 16.4. The van der Waals surface area contributed by atoms with Gasteiger partial charge in [-0.2, -0.15) is 0 Å². The maximum absolute atomic E-state index is 12.5. The van der Waals surface area contributed by atoms with Crippen molar-refractivity contribution in [3.63, 3.8) is 0 Å². The van der Waals surface area contributed by atoms with Gasteiger partial charge in [0, 0.05) is 31.6 Å². The van der Waals surface area contributed by atoms with E-state index >= 15 is 0 Å². The number of carboxylic acid groups (broad SMARTS) is 1. The van der Waals surface area contributed by atoms with Gasteiger partial charge in [0.25, 0.3) is 5.91 Å². The summed E-state index contributed by atoms with van der Waals surface area (Å²) in [6.07, 6.45) is 5.48. The largest absolute Gasteiger partial charge is 0.507 e. The third kappa shape index (κ3) is 7.53. The number of aliphatic carboxylic acids is 1. The molecule has 11 nitrogen and oxygen atoms in total. The molecule has 1 fully saturated rings. The molecule has 1 heterocycles. The van der Waals surface area contributed by atoms with E-state index in [1.165, 1.54) is 12.1 Å². The minimum absolute atomic E-state index is 0.0195. The number of benzene rings is 1. The summed E-state index contributed by atoms with van der Waals surface area (Å²) in [5.41, 5.74) is -0.0195. The molecule has 0 saturated heterocycles. The van der Waals surface area contributed by atoms with Crippen molar-refractivity contribution in [2.45, 2.75) is 44.6 Å². The average molecular weight is 476 g/mol. The van der Waals surface area contributed by atoms with Crippen molar-refractivity contribution in [2.75, 3.05) is 32.8 Å². The van der Waals surface area contributed by atoms with E-state index in [1.807, 2.05) is 0 Å². The van der Waals surface area contributed by atoms with Crippen molar-refractivity contribution in [3.05, 3.63) is 23.8 Å². The van der Waals surface area contributed by atoms with Crippen LogP contribution in [0, 0.1) is 5.92 Å². The minimum atomic E-state index is -1.25. The number of ether oxygens (including phenoxy) is 1. The zero-order valence-electron chi connectivity index (χ0n) is 19.1. The first-order valence-electron chi connectivity index (χ1n) is 11.7. The molecule has 34 heavy (non-hydrogen) atoms. The Morgan fingerprint density at radius 3 is 2.65 bits per heavy atom. The van der Waals surface area contributed by atoms with Crippen LogP contribution in [0.3, 0.4) is 0 Å². The van der Waals surface area contributed by atoms with Crippen LogP contribution in [0.2, 0.25) is 0 Å². The van der Waals surface area contributed by atoms with E-state index in [0.29, 0.717) is 18.9 Å². The number of aromatic hydroxyl groups is 1. The molecule has 11 heteroatoms. The number of phenolic OH excluding ortho intramolecular Hbond substituents is 1. The van der Waals surface area contributed by atoms with E-state index in [1.54, 1.807) is 6.07 Å². The van der Waals surface area contributed by atoms with Gasteiger partial charge in [0.1, 0.15) is 24.1 Å². The van der Waals surface area contributed by atoms with Crippen LogP contribution in [0.25, 0.3) is 0 Å². The minimum Gasteiger partial charge on any atom is -0.507 e. The molecule has 0 aromatic heterocycles. The number of rotatable bonds is 10. The molecule has 1 aromatic rings. The molecule has 0 radical (unpaired) electrons. The van der Waals surface area contributed by atoms with Crippen molar-refractivity contribution in [3.8, 4) is 11.5 Å². The van der Waals surface area contributed by atoms with E-state index in [4.69, 9.17) is 4.74 Å². The Kier molecular flexibility index (Phi) is 9.36. The number of carbonyl (C=O) groups is 3. The van der Waals surface area contributed by atoms with Gasteiger partial charge < -0.3 is 36.2 Å². The number of aliphatic imine (C=N–C) groups is 1. The number of carbonyl (C=O) groups excluding carboxylic acids is 2. The second-order valence-electron chi connectivity index (χ2n) is 8.41. The van der Waals surface area contributed by atoms with Crippen LogP contribution in [0.1, 0.15) is 48.9 Å². The Hall–Kier alpha value is -3.50. The Labute approximate surface area is 198 Å². The number of nitrogens with zero attached hydrogens (tertiary/aromatic N) is 1. The fraction of sp³-hybridized carbons (Fsp3) is 0.565. The number of guanidine groups is 1. The third-order valence-corrected chi connectivity index (χ3v) is 5.83. The Balaban J connectivity index is 1.45. The van der Waals surface area contributed by atoms with Crippen LogP contribution in [-0.2, 0) is 9.59 Å². The molecule has 2 aliphatic rings. The summed E-state index contributed by atoms with van der Waals surface area (Å²) < 4.78 is 5.58. The summed E-state index contributed by atoms with van der Waals surface area (Å²) in [6, 6.07) is 3.02. The molecular formula is C23H33N5O6. The van der Waals surface area contributed by atoms with Crippen LogP contribution in [0.5, 0.6) is 11.5 Å². The molecule has 1 aliphatic heterocycles. The van der Waals surface area contributed by atoms with Crippen molar-refractivity contribution in [2.24, 2.45) is 10.9 Å². The molecule has 1 aromatic carbocycles. The molecule has 3 rings (SSSR count). The van der Waals surface area contributed by atoms with Crippen molar-refractivity contribution in [1.29, 1.82) is 0 Å². The summed E-state index contributed by atoms with van der Waals surface area (Å²) in [4.78, 5) is 40.7. The molecule has 186 valence electrons. The average Bonchev–Trinajstić information content (AvgIpc) is 2.85. The Bertz CT molecular complexity index is 900. The number of nitrogens with one attached hydrogen (secondary N) is 4. The maximum Gasteiger partial charge on any atom is 0.328 e. The zero-order chi connectivity index (χ0) is 24.3. The van der Waals surface area contributed by atoms with Crippen LogP contribution in [0.15, 0.2) is 23.2 Å². The summed E-state index contributed by atoms with van der Waals surface area (Å²) >= 11 is 0. The van der Waals surface area contributed by atoms with Crippen LogP contribution < -0.4 is 26.0 Å². The maximum atomic E-state index is 12.5. The van der Waals surface area contributed by atoms with Crippen molar-refractivity contribution < 1.29 is 29.3 Å². The normalized spacial score (nSPS) is 17.0. The molecule has 1 saturated carbocycles. The molecule has 0 unspecified atom stereocenters. The second-order valence-corrected chi connectivity index (χ2v) is 8.41. The molecule has 6 N–H and O–H groups in total. The van der Waals surface area contributed by atoms with Gasteiger partial charge in [-0.1, -0.05) is 19.3 Å². The summed E-state index contributed by atoms with van der Waals surface area (Å²) in [7, 11) is 0. The van der Waals surface area contributed by atoms with Gasteiger partial charge in [0.05, 0.1) is 12.1 Å².